The largest absolute Gasteiger partial charge is 0.497 e. The molecule has 0 bridgehead atoms. The smallest absolute Gasteiger partial charge is 0.240 e. The van der Waals surface area contributed by atoms with E-state index in [1.165, 1.54) is 38.5 Å². The van der Waals surface area contributed by atoms with Crippen LogP contribution in [-0.2, 0) is 14.6 Å². The topological polar surface area (TPSA) is 81.7 Å². The van der Waals surface area contributed by atoms with Crippen molar-refractivity contribution >= 4 is 33.0 Å². The third-order valence-electron chi connectivity index (χ3n) is 3.17. The minimum absolute atomic E-state index is 0.0275. The van der Waals surface area contributed by atoms with Gasteiger partial charge in [0.25, 0.3) is 0 Å². The van der Waals surface area contributed by atoms with Crippen LogP contribution in [0.5, 0.6) is 11.5 Å². The maximum atomic E-state index is 12.3. The molecule has 0 fully saturated rings. The number of nitrogens with one attached hydrogen (secondary N) is 1. The molecular formula is C16H16ClNO5S. The van der Waals surface area contributed by atoms with Gasteiger partial charge in [-0.3, -0.25) is 4.79 Å². The third kappa shape index (κ3) is 4.39. The normalized spacial score (nSPS) is 11.0. The predicted molar refractivity (Wildman–Crippen MR) is 91.7 cm³/mol. The molecule has 8 heteroatoms. The average Bonchev–Trinajstić information content (AvgIpc) is 2.54. The first-order valence-electron chi connectivity index (χ1n) is 6.86. The number of halogens is 1. The lowest BCUT2D eigenvalue weighted by Crippen LogP contribution is -2.23. The highest BCUT2D eigenvalue weighted by atomic mass is 35.5. The van der Waals surface area contributed by atoms with E-state index in [4.69, 9.17) is 21.1 Å². The fraction of sp³-hybridized carbons (Fsp3) is 0.188. The molecule has 0 aliphatic rings. The number of sulfone groups is 1. The summed E-state index contributed by atoms with van der Waals surface area (Å²) >= 11 is 5.74. The van der Waals surface area contributed by atoms with Gasteiger partial charge in [0.05, 0.1) is 24.8 Å². The zero-order chi connectivity index (χ0) is 17.7. The molecule has 0 atom stereocenters. The van der Waals surface area contributed by atoms with E-state index in [9.17, 15) is 13.2 Å². The van der Waals surface area contributed by atoms with E-state index >= 15 is 0 Å². The van der Waals surface area contributed by atoms with Gasteiger partial charge in [-0.2, -0.15) is 0 Å². The molecule has 2 rings (SSSR count). The highest BCUT2D eigenvalue weighted by Gasteiger charge is 2.20. The van der Waals surface area contributed by atoms with Crippen LogP contribution in [0.15, 0.2) is 47.4 Å². The van der Waals surface area contributed by atoms with Gasteiger partial charge in [-0.05, 0) is 36.4 Å². The summed E-state index contributed by atoms with van der Waals surface area (Å²) in [5.41, 5.74) is 0.327. The number of methoxy groups -OCH3 is 2. The maximum absolute atomic E-state index is 12.3. The second kappa shape index (κ2) is 7.55. The Labute approximate surface area is 145 Å². The number of carbonyl (C=O) groups excluding carboxylic acids is 1. The molecule has 0 aromatic heterocycles. The molecule has 24 heavy (non-hydrogen) atoms. The maximum Gasteiger partial charge on any atom is 0.240 e. The number of anilines is 1. The van der Waals surface area contributed by atoms with Gasteiger partial charge in [-0.25, -0.2) is 8.42 Å². The van der Waals surface area contributed by atoms with E-state index < -0.39 is 21.5 Å². The molecule has 0 saturated carbocycles. The van der Waals surface area contributed by atoms with Gasteiger partial charge in [-0.15, -0.1) is 0 Å². The van der Waals surface area contributed by atoms with Crippen molar-refractivity contribution < 1.29 is 22.7 Å². The Kier molecular flexibility index (Phi) is 5.69. The van der Waals surface area contributed by atoms with Gasteiger partial charge in [0.1, 0.15) is 17.3 Å². The zero-order valence-corrected chi connectivity index (χ0v) is 14.6. The van der Waals surface area contributed by atoms with Crippen LogP contribution in [0, 0.1) is 0 Å². The van der Waals surface area contributed by atoms with Crippen LogP contribution in [0.2, 0.25) is 5.02 Å². The first-order valence-corrected chi connectivity index (χ1v) is 8.89. The Hall–Kier alpha value is -2.25. The van der Waals surface area contributed by atoms with E-state index in [0.717, 1.165) is 0 Å². The Bertz CT molecular complexity index is 834. The van der Waals surface area contributed by atoms with Gasteiger partial charge in [0.2, 0.25) is 5.91 Å². The van der Waals surface area contributed by atoms with Crippen molar-refractivity contribution in [1.82, 2.24) is 0 Å². The van der Waals surface area contributed by atoms with Gasteiger partial charge >= 0.3 is 0 Å². The van der Waals surface area contributed by atoms with Gasteiger partial charge in [0, 0.05) is 11.1 Å². The molecule has 0 unspecified atom stereocenters. The Morgan fingerprint density at radius 1 is 1.08 bits per heavy atom. The number of hydrogen-bond acceptors (Lipinski definition) is 5. The van der Waals surface area contributed by atoms with E-state index in [1.807, 2.05) is 0 Å². The summed E-state index contributed by atoms with van der Waals surface area (Å²) in [4.78, 5) is 12.2. The van der Waals surface area contributed by atoms with Crippen LogP contribution in [0.4, 0.5) is 5.69 Å². The van der Waals surface area contributed by atoms with Crippen molar-refractivity contribution in [3.05, 3.63) is 47.5 Å². The molecule has 0 radical (unpaired) electrons. The standard InChI is InChI=1S/C16H16ClNO5S/c1-22-12-5-8-15(23-2)14(9-12)18-16(19)10-24(20,21)13-6-3-11(17)4-7-13/h3-9H,10H2,1-2H3,(H,18,19). The van der Waals surface area contributed by atoms with Crippen molar-refractivity contribution in [2.24, 2.45) is 0 Å². The number of ether oxygens (including phenoxy) is 2. The lowest BCUT2D eigenvalue weighted by Gasteiger charge is -2.12. The number of hydrogen-bond donors (Lipinski definition) is 1. The number of benzene rings is 2. The summed E-state index contributed by atoms with van der Waals surface area (Å²) in [5.74, 6) is -0.481. The summed E-state index contributed by atoms with van der Waals surface area (Å²) in [6.45, 7) is 0. The minimum atomic E-state index is -3.77. The minimum Gasteiger partial charge on any atom is -0.497 e. The van der Waals surface area contributed by atoms with Crippen molar-refractivity contribution in [2.75, 3.05) is 25.3 Å². The molecule has 0 aliphatic heterocycles. The summed E-state index contributed by atoms with van der Waals surface area (Å²) in [5, 5.41) is 2.94. The van der Waals surface area contributed by atoms with Gasteiger partial charge in [-0.1, -0.05) is 11.6 Å². The molecular weight excluding hydrogens is 354 g/mol. The first kappa shape index (κ1) is 18.1. The molecule has 1 amide bonds. The Morgan fingerprint density at radius 2 is 1.75 bits per heavy atom. The predicted octanol–water partition coefficient (Wildman–Crippen LogP) is 2.77. The molecule has 2 aromatic carbocycles. The van der Waals surface area contributed by atoms with E-state index in [1.54, 1.807) is 18.2 Å². The molecule has 0 heterocycles. The fourth-order valence-electron chi connectivity index (χ4n) is 2.00. The summed E-state index contributed by atoms with van der Waals surface area (Å²) in [6, 6.07) is 10.5. The van der Waals surface area contributed by atoms with Crippen LogP contribution in [0.3, 0.4) is 0 Å². The van der Waals surface area contributed by atoms with Crippen LogP contribution >= 0.6 is 11.6 Å². The number of carbonyl (C=O) groups is 1. The second-order valence-electron chi connectivity index (χ2n) is 4.83. The van der Waals surface area contributed by atoms with Crippen molar-refractivity contribution in [3.63, 3.8) is 0 Å². The Balaban J connectivity index is 2.17. The number of rotatable bonds is 6. The Morgan fingerprint density at radius 3 is 2.33 bits per heavy atom. The quantitative estimate of drug-likeness (QED) is 0.846. The van der Waals surface area contributed by atoms with Crippen LogP contribution in [-0.4, -0.2) is 34.3 Å². The molecule has 1 N–H and O–H groups in total. The fourth-order valence-corrected chi connectivity index (χ4v) is 3.26. The first-order chi connectivity index (χ1) is 11.4. The molecule has 0 saturated heterocycles. The van der Waals surface area contributed by atoms with Gasteiger partial charge < -0.3 is 14.8 Å². The lowest BCUT2D eigenvalue weighted by atomic mass is 10.2. The number of amides is 1. The lowest BCUT2D eigenvalue weighted by molar-refractivity contribution is -0.113. The van der Waals surface area contributed by atoms with Crippen LogP contribution in [0.1, 0.15) is 0 Å². The monoisotopic (exact) mass is 369 g/mol. The highest BCUT2D eigenvalue weighted by molar-refractivity contribution is 7.92. The van der Waals surface area contributed by atoms with Crippen molar-refractivity contribution in [1.29, 1.82) is 0 Å². The van der Waals surface area contributed by atoms with Crippen molar-refractivity contribution in [2.45, 2.75) is 4.90 Å². The highest BCUT2D eigenvalue weighted by Crippen LogP contribution is 2.29. The van der Waals surface area contributed by atoms with E-state index in [0.29, 0.717) is 22.2 Å². The average molecular weight is 370 g/mol. The zero-order valence-electron chi connectivity index (χ0n) is 13.1. The molecule has 6 nitrogen and oxygen atoms in total. The van der Waals surface area contributed by atoms with E-state index in [-0.39, 0.29) is 4.90 Å². The van der Waals surface area contributed by atoms with E-state index in [2.05, 4.69) is 5.32 Å². The summed E-state index contributed by atoms with van der Waals surface area (Å²) < 4.78 is 34.7. The molecule has 128 valence electrons. The van der Waals surface area contributed by atoms with Crippen LogP contribution in [0.25, 0.3) is 0 Å². The third-order valence-corrected chi connectivity index (χ3v) is 5.06. The second-order valence-corrected chi connectivity index (χ2v) is 7.25. The van der Waals surface area contributed by atoms with Crippen molar-refractivity contribution in [3.8, 4) is 11.5 Å². The summed E-state index contributed by atoms with van der Waals surface area (Å²) in [7, 11) is -0.844. The SMILES string of the molecule is COc1ccc(OC)c(NC(=O)CS(=O)(=O)c2ccc(Cl)cc2)c1. The van der Waals surface area contributed by atoms with Crippen LogP contribution < -0.4 is 14.8 Å². The molecule has 2 aromatic rings. The molecule has 0 aliphatic carbocycles. The summed E-state index contributed by atoms with van der Waals surface area (Å²) in [6.07, 6.45) is 0. The van der Waals surface area contributed by atoms with Gasteiger partial charge in [0.15, 0.2) is 9.84 Å². The molecule has 0 spiro atoms.